The minimum atomic E-state index is -0.316. The number of nitrogens with one attached hydrogen (secondary N) is 1. The second-order valence-corrected chi connectivity index (χ2v) is 6.78. The Morgan fingerprint density at radius 2 is 2.23 bits per heavy atom. The van der Waals surface area contributed by atoms with Gasteiger partial charge >= 0.3 is 5.97 Å². The van der Waals surface area contributed by atoms with E-state index in [4.69, 9.17) is 9.47 Å². The molecule has 2 aromatic rings. The number of carbonyl (C=O) groups excluding carboxylic acids is 1. The van der Waals surface area contributed by atoms with Gasteiger partial charge in [-0.05, 0) is 44.1 Å². The van der Waals surface area contributed by atoms with Gasteiger partial charge in [-0.15, -0.1) is 11.3 Å². The molecule has 0 aromatic carbocycles. The predicted molar refractivity (Wildman–Crippen MR) is 84.9 cm³/mol. The van der Waals surface area contributed by atoms with E-state index in [0.29, 0.717) is 18.1 Å². The molecule has 1 aliphatic rings. The number of aromatic nitrogens is 2. The molecule has 22 heavy (non-hydrogen) atoms. The zero-order valence-corrected chi connectivity index (χ0v) is 13.6. The number of nitrogens with zero attached hydrogens (tertiary/aromatic N) is 1. The van der Waals surface area contributed by atoms with E-state index in [2.05, 4.69) is 24.0 Å². The molecule has 1 fully saturated rings. The highest BCUT2D eigenvalue weighted by atomic mass is 32.1. The number of rotatable bonds is 4. The summed E-state index contributed by atoms with van der Waals surface area (Å²) in [4.78, 5) is 13.3. The van der Waals surface area contributed by atoms with Gasteiger partial charge in [0.1, 0.15) is 5.56 Å². The van der Waals surface area contributed by atoms with Crippen LogP contribution < -0.4 is 0 Å². The summed E-state index contributed by atoms with van der Waals surface area (Å²) in [6, 6.07) is 3.90. The topological polar surface area (TPSA) is 64.2 Å². The van der Waals surface area contributed by atoms with Crippen molar-refractivity contribution in [2.24, 2.45) is 5.92 Å². The van der Waals surface area contributed by atoms with E-state index >= 15 is 0 Å². The van der Waals surface area contributed by atoms with Crippen LogP contribution in [0.1, 0.15) is 37.0 Å². The van der Waals surface area contributed by atoms with Gasteiger partial charge in [-0.3, -0.25) is 5.10 Å². The highest BCUT2D eigenvalue weighted by Gasteiger charge is 2.26. The monoisotopic (exact) mass is 320 g/mol. The number of hydrogen-bond donors (Lipinski definition) is 1. The zero-order valence-electron chi connectivity index (χ0n) is 12.7. The first kappa shape index (κ1) is 15.2. The van der Waals surface area contributed by atoms with Crippen LogP contribution in [0.4, 0.5) is 0 Å². The van der Waals surface area contributed by atoms with Crippen molar-refractivity contribution in [1.82, 2.24) is 10.2 Å². The van der Waals surface area contributed by atoms with Gasteiger partial charge in [0.05, 0.1) is 35.6 Å². The first-order valence-electron chi connectivity index (χ1n) is 7.53. The van der Waals surface area contributed by atoms with Crippen LogP contribution in [0.25, 0.3) is 10.6 Å². The van der Waals surface area contributed by atoms with E-state index in [1.807, 2.05) is 17.5 Å². The molecule has 2 aromatic heterocycles. The third-order valence-corrected chi connectivity index (χ3v) is 4.76. The van der Waals surface area contributed by atoms with Crippen molar-refractivity contribution in [3.63, 3.8) is 0 Å². The van der Waals surface area contributed by atoms with Gasteiger partial charge in [0, 0.05) is 0 Å². The van der Waals surface area contributed by atoms with Crippen LogP contribution >= 0.6 is 11.3 Å². The van der Waals surface area contributed by atoms with E-state index in [0.717, 1.165) is 23.4 Å². The molecule has 0 aliphatic carbocycles. The van der Waals surface area contributed by atoms with E-state index in [1.54, 1.807) is 11.3 Å². The maximum Gasteiger partial charge on any atom is 0.342 e. The highest BCUT2D eigenvalue weighted by Crippen LogP contribution is 2.28. The molecule has 1 unspecified atom stereocenters. The molecule has 3 heterocycles. The fourth-order valence-electron chi connectivity index (χ4n) is 3.00. The number of hydrogen-bond acceptors (Lipinski definition) is 5. The van der Waals surface area contributed by atoms with Crippen molar-refractivity contribution in [1.29, 1.82) is 0 Å². The highest BCUT2D eigenvalue weighted by molar-refractivity contribution is 7.13. The maximum absolute atomic E-state index is 12.3. The molecule has 1 saturated heterocycles. The Morgan fingerprint density at radius 1 is 1.45 bits per heavy atom. The molecule has 3 atom stereocenters. The standard InChI is InChI=1S/C16H20N2O3S/c1-10-6-12(7-11(2)21-10)9-20-16(19)13-8-17-18-15(13)14-4-3-5-22-14/h3-5,8,10-12H,6-7,9H2,1-2H3,(H,17,18)/t10-,11+,12?. The van der Waals surface area contributed by atoms with E-state index < -0.39 is 0 Å². The molecular formula is C16H20N2O3S. The molecule has 118 valence electrons. The minimum absolute atomic E-state index is 0.225. The summed E-state index contributed by atoms with van der Waals surface area (Å²) < 4.78 is 11.2. The number of carbonyl (C=O) groups is 1. The average molecular weight is 320 g/mol. The second kappa shape index (κ2) is 6.62. The summed E-state index contributed by atoms with van der Waals surface area (Å²) in [5, 5.41) is 8.83. The molecule has 0 saturated carbocycles. The minimum Gasteiger partial charge on any atom is -0.462 e. The van der Waals surface area contributed by atoms with Gasteiger partial charge in [0.2, 0.25) is 0 Å². The number of aromatic amines is 1. The predicted octanol–water partition coefficient (Wildman–Crippen LogP) is 3.50. The molecule has 3 rings (SSSR count). The average Bonchev–Trinajstić information content (AvgIpc) is 3.13. The molecule has 0 amide bonds. The quantitative estimate of drug-likeness (QED) is 0.876. The van der Waals surface area contributed by atoms with Gasteiger partial charge in [-0.1, -0.05) is 6.07 Å². The Hall–Kier alpha value is -1.66. The fourth-order valence-corrected chi connectivity index (χ4v) is 3.73. The zero-order chi connectivity index (χ0) is 15.5. The van der Waals surface area contributed by atoms with Crippen molar-refractivity contribution in [2.45, 2.75) is 38.9 Å². The summed E-state index contributed by atoms with van der Waals surface area (Å²) in [7, 11) is 0. The number of thiophene rings is 1. The fraction of sp³-hybridized carbons (Fsp3) is 0.500. The van der Waals surface area contributed by atoms with Gasteiger partial charge in [0.15, 0.2) is 0 Å². The summed E-state index contributed by atoms with van der Waals surface area (Å²) in [6.45, 7) is 4.57. The van der Waals surface area contributed by atoms with Crippen molar-refractivity contribution >= 4 is 17.3 Å². The molecule has 0 radical (unpaired) electrons. The normalized spacial score (nSPS) is 25.1. The molecule has 0 spiro atoms. The van der Waals surface area contributed by atoms with Crippen LogP contribution in [0.5, 0.6) is 0 Å². The summed E-state index contributed by atoms with van der Waals surface area (Å²) in [5.41, 5.74) is 1.23. The molecule has 6 heteroatoms. The Kier molecular flexibility index (Phi) is 4.59. The summed E-state index contributed by atoms with van der Waals surface area (Å²) >= 11 is 1.56. The maximum atomic E-state index is 12.3. The van der Waals surface area contributed by atoms with Crippen molar-refractivity contribution < 1.29 is 14.3 Å². The van der Waals surface area contributed by atoms with Crippen LogP contribution in [0, 0.1) is 5.92 Å². The Bertz CT molecular complexity index is 613. The van der Waals surface area contributed by atoms with Crippen LogP contribution in [-0.4, -0.2) is 35.0 Å². The largest absolute Gasteiger partial charge is 0.462 e. The molecule has 1 aliphatic heterocycles. The van der Waals surface area contributed by atoms with Crippen LogP contribution in [0.15, 0.2) is 23.7 Å². The van der Waals surface area contributed by atoms with Crippen LogP contribution in [0.3, 0.4) is 0 Å². The Labute approximate surface area is 133 Å². The lowest BCUT2D eigenvalue weighted by Crippen LogP contribution is -2.32. The third-order valence-electron chi connectivity index (χ3n) is 3.87. The van der Waals surface area contributed by atoms with E-state index in [9.17, 15) is 4.79 Å². The lowest BCUT2D eigenvalue weighted by molar-refractivity contribution is -0.0639. The van der Waals surface area contributed by atoms with Crippen LogP contribution in [0.2, 0.25) is 0 Å². The number of esters is 1. The summed E-state index contributed by atoms with van der Waals surface area (Å²) in [6.07, 6.45) is 3.85. The molecule has 5 nitrogen and oxygen atoms in total. The van der Waals surface area contributed by atoms with Crippen molar-refractivity contribution in [3.8, 4) is 10.6 Å². The smallest absolute Gasteiger partial charge is 0.342 e. The second-order valence-electron chi connectivity index (χ2n) is 5.83. The van der Waals surface area contributed by atoms with E-state index in [-0.39, 0.29) is 18.2 Å². The van der Waals surface area contributed by atoms with Gasteiger partial charge in [-0.25, -0.2) is 4.79 Å². The first-order valence-corrected chi connectivity index (χ1v) is 8.41. The molecule has 0 bridgehead atoms. The molecular weight excluding hydrogens is 300 g/mol. The first-order chi connectivity index (χ1) is 10.6. The van der Waals surface area contributed by atoms with E-state index in [1.165, 1.54) is 6.20 Å². The van der Waals surface area contributed by atoms with Crippen LogP contribution in [-0.2, 0) is 9.47 Å². The summed E-state index contributed by atoms with van der Waals surface area (Å²) in [5.74, 6) is 0.0451. The third kappa shape index (κ3) is 3.39. The van der Waals surface area contributed by atoms with Crippen molar-refractivity contribution in [2.75, 3.05) is 6.61 Å². The SMILES string of the molecule is C[C@@H]1CC(COC(=O)c2cn[nH]c2-c2cccs2)C[C@H](C)O1. The lowest BCUT2D eigenvalue weighted by atomic mass is 9.93. The number of H-pyrrole nitrogens is 1. The molecule has 1 N–H and O–H groups in total. The lowest BCUT2D eigenvalue weighted by Gasteiger charge is -2.31. The van der Waals surface area contributed by atoms with Gasteiger partial charge in [0.25, 0.3) is 0 Å². The van der Waals surface area contributed by atoms with Gasteiger partial charge in [-0.2, -0.15) is 5.10 Å². The Balaban J connectivity index is 1.62. The number of ether oxygens (including phenoxy) is 2. The Morgan fingerprint density at radius 3 is 2.91 bits per heavy atom. The van der Waals surface area contributed by atoms with Gasteiger partial charge < -0.3 is 9.47 Å². The van der Waals surface area contributed by atoms with Crippen molar-refractivity contribution in [3.05, 3.63) is 29.3 Å².